The van der Waals surface area contributed by atoms with Crippen LogP contribution in [-0.2, 0) is 6.54 Å². The second kappa shape index (κ2) is 5.00. The van der Waals surface area contributed by atoms with Crippen LogP contribution in [0, 0.1) is 0 Å². The summed E-state index contributed by atoms with van der Waals surface area (Å²) < 4.78 is 0. The van der Waals surface area contributed by atoms with E-state index in [0.717, 1.165) is 16.3 Å². The number of aromatic nitrogens is 3. The zero-order valence-electron chi connectivity index (χ0n) is 10.6. The van der Waals surface area contributed by atoms with Crippen molar-refractivity contribution in [2.24, 2.45) is 0 Å². The van der Waals surface area contributed by atoms with E-state index in [1.807, 2.05) is 30.3 Å². The van der Waals surface area contributed by atoms with E-state index in [2.05, 4.69) is 20.5 Å². The van der Waals surface area contributed by atoms with E-state index in [9.17, 15) is 4.79 Å². The van der Waals surface area contributed by atoms with E-state index in [-0.39, 0.29) is 5.91 Å². The molecule has 1 aromatic carbocycles. The Morgan fingerprint density at radius 3 is 2.95 bits per heavy atom. The van der Waals surface area contributed by atoms with Gasteiger partial charge in [-0.3, -0.25) is 14.9 Å². The number of H-pyrrole nitrogens is 1. The molecule has 0 aliphatic rings. The number of benzene rings is 1. The van der Waals surface area contributed by atoms with Crippen molar-refractivity contribution in [2.45, 2.75) is 6.54 Å². The van der Waals surface area contributed by atoms with Gasteiger partial charge < -0.3 is 11.1 Å². The van der Waals surface area contributed by atoms with Gasteiger partial charge in [0.15, 0.2) is 0 Å². The number of carbonyl (C=O) groups is 1. The van der Waals surface area contributed by atoms with Crippen molar-refractivity contribution in [3.63, 3.8) is 0 Å². The van der Waals surface area contributed by atoms with E-state index in [1.54, 1.807) is 12.4 Å². The Labute approximate surface area is 115 Å². The van der Waals surface area contributed by atoms with Gasteiger partial charge >= 0.3 is 0 Å². The molecule has 20 heavy (non-hydrogen) atoms. The first-order valence-electron chi connectivity index (χ1n) is 6.15. The molecule has 0 spiro atoms. The van der Waals surface area contributed by atoms with Crippen LogP contribution in [0.3, 0.4) is 0 Å². The quantitative estimate of drug-likeness (QED) is 0.669. The highest BCUT2D eigenvalue weighted by molar-refractivity contribution is 6.05. The Kier molecular flexibility index (Phi) is 3.04. The number of rotatable bonds is 3. The molecule has 0 radical (unpaired) electrons. The smallest absolute Gasteiger partial charge is 0.270 e. The van der Waals surface area contributed by atoms with Crippen molar-refractivity contribution in [2.75, 3.05) is 5.73 Å². The standard InChI is InChI=1S/C14H13N5O/c15-13-10(8-18-19-13)7-17-14(20)12-11-4-2-1-3-9(11)5-6-16-12/h1-6,8H,7H2,(H,17,20)(H3,15,18,19). The summed E-state index contributed by atoms with van der Waals surface area (Å²) in [6, 6.07) is 9.51. The molecular formula is C14H13N5O. The first kappa shape index (κ1) is 12.2. The molecule has 0 aliphatic carbocycles. The first-order chi connectivity index (χ1) is 9.75. The molecule has 4 N–H and O–H groups in total. The van der Waals surface area contributed by atoms with Crippen molar-refractivity contribution < 1.29 is 4.79 Å². The lowest BCUT2D eigenvalue weighted by molar-refractivity contribution is 0.0948. The van der Waals surface area contributed by atoms with Crippen LogP contribution in [0.1, 0.15) is 16.1 Å². The summed E-state index contributed by atoms with van der Waals surface area (Å²) in [5, 5.41) is 11.0. The number of nitrogens with one attached hydrogen (secondary N) is 2. The number of hydrogen-bond acceptors (Lipinski definition) is 4. The van der Waals surface area contributed by atoms with Gasteiger partial charge in [-0.25, -0.2) is 0 Å². The van der Waals surface area contributed by atoms with Crippen LogP contribution < -0.4 is 11.1 Å². The summed E-state index contributed by atoms with van der Waals surface area (Å²) in [4.78, 5) is 16.4. The molecular weight excluding hydrogens is 254 g/mol. The zero-order chi connectivity index (χ0) is 13.9. The topological polar surface area (TPSA) is 96.7 Å². The minimum atomic E-state index is -0.234. The van der Waals surface area contributed by atoms with E-state index >= 15 is 0 Å². The number of anilines is 1. The molecule has 3 aromatic rings. The fraction of sp³-hybridized carbons (Fsp3) is 0.0714. The summed E-state index contributed by atoms with van der Waals surface area (Å²) >= 11 is 0. The fourth-order valence-electron chi connectivity index (χ4n) is 2.02. The molecule has 0 unspecified atom stereocenters. The minimum Gasteiger partial charge on any atom is -0.384 e. The average Bonchev–Trinajstić information content (AvgIpc) is 2.89. The largest absolute Gasteiger partial charge is 0.384 e. The van der Waals surface area contributed by atoms with Crippen LogP contribution in [0.4, 0.5) is 5.82 Å². The number of pyridine rings is 1. The highest BCUT2D eigenvalue weighted by atomic mass is 16.1. The highest BCUT2D eigenvalue weighted by Crippen LogP contribution is 2.16. The van der Waals surface area contributed by atoms with Gasteiger partial charge in [0.05, 0.1) is 6.20 Å². The van der Waals surface area contributed by atoms with Crippen LogP contribution in [0.25, 0.3) is 10.8 Å². The number of fused-ring (bicyclic) bond motifs is 1. The molecule has 6 heteroatoms. The molecule has 0 fully saturated rings. The number of hydrogen-bond donors (Lipinski definition) is 3. The molecule has 2 aromatic heterocycles. The number of nitrogens with zero attached hydrogens (tertiary/aromatic N) is 2. The SMILES string of the molecule is Nc1[nH]ncc1CNC(=O)c1nccc2ccccc12. The second-order valence-electron chi connectivity index (χ2n) is 4.37. The van der Waals surface area contributed by atoms with E-state index in [4.69, 9.17) is 5.73 Å². The molecule has 0 bridgehead atoms. The van der Waals surface area contributed by atoms with E-state index in [0.29, 0.717) is 18.1 Å². The van der Waals surface area contributed by atoms with Gasteiger partial charge in [0.2, 0.25) is 0 Å². The van der Waals surface area contributed by atoms with Gasteiger partial charge in [0.1, 0.15) is 11.5 Å². The van der Waals surface area contributed by atoms with Crippen LogP contribution in [0.2, 0.25) is 0 Å². The lowest BCUT2D eigenvalue weighted by Crippen LogP contribution is -2.24. The normalized spacial score (nSPS) is 10.6. The van der Waals surface area contributed by atoms with Gasteiger partial charge in [-0.15, -0.1) is 0 Å². The molecule has 100 valence electrons. The molecule has 0 aliphatic heterocycles. The van der Waals surface area contributed by atoms with Gasteiger partial charge in [-0.1, -0.05) is 24.3 Å². The lowest BCUT2D eigenvalue weighted by atomic mass is 10.1. The predicted molar refractivity (Wildman–Crippen MR) is 75.9 cm³/mol. The summed E-state index contributed by atoms with van der Waals surface area (Å²) in [5.41, 5.74) is 6.83. The van der Waals surface area contributed by atoms with Crippen molar-refractivity contribution in [1.82, 2.24) is 20.5 Å². The van der Waals surface area contributed by atoms with Crippen molar-refractivity contribution in [3.8, 4) is 0 Å². The minimum absolute atomic E-state index is 0.234. The Hall–Kier alpha value is -2.89. The number of nitrogens with two attached hydrogens (primary N) is 1. The molecule has 6 nitrogen and oxygen atoms in total. The first-order valence-corrected chi connectivity index (χ1v) is 6.15. The van der Waals surface area contributed by atoms with Crippen LogP contribution in [0.5, 0.6) is 0 Å². The molecule has 1 amide bonds. The Morgan fingerprint density at radius 1 is 1.30 bits per heavy atom. The van der Waals surface area contributed by atoms with Crippen molar-refractivity contribution >= 4 is 22.5 Å². The van der Waals surface area contributed by atoms with E-state index < -0.39 is 0 Å². The van der Waals surface area contributed by atoms with Gasteiger partial charge in [0.25, 0.3) is 5.91 Å². The number of nitrogen functional groups attached to an aromatic ring is 1. The maximum Gasteiger partial charge on any atom is 0.270 e. The van der Waals surface area contributed by atoms with Crippen molar-refractivity contribution in [1.29, 1.82) is 0 Å². The summed E-state index contributed by atoms with van der Waals surface area (Å²) in [7, 11) is 0. The number of amides is 1. The zero-order valence-corrected chi connectivity index (χ0v) is 10.6. The third-order valence-electron chi connectivity index (χ3n) is 3.08. The van der Waals surface area contributed by atoms with Gasteiger partial charge in [-0.05, 0) is 11.5 Å². The van der Waals surface area contributed by atoms with Crippen molar-refractivity contribution in [3.05, 3.63) is 54.0 Å². The highest BCUT2D eigenvalue weighted by Gasteiger charge is 2.11. The molecule has 0 saturated carbocycles. The monoisotopic (exact) mass is 267 g/mol. The molecule has 0 saturated heterocycles. The second-order valence-corrected chi connectivity index (χ2v) is 4.37. The number of carbonyl (C=O) groups excluding carboxylic acids is 1. The summed E-state index contributed by atoms with van der Waals surface area (Å²) in [6.07, 6.45) is 3.22. The van der Waals surface area contributed by atoms with Gasteiger partial charge in [-0.2, -0.15) is 5.10 Å². The Balaban J connectivity index is 1.84. The average molecular weight is 267 g/mol. The third-order valence-corrected chi connectivity index (χ3v) is 3.08. The maximum atomic E-state index is 12.2. The summed E-state index contributed by atoms with van der Waals surface area (Å²) in [5.74, 6) is 0.221. The van der Waals surface area contributed by atoms with E-state index in [1.165, 1.54) is 0 Å². The Bertz CT molecular complexity index is 760. The number of aromatic amines is 1. The van der Waals surface area contributed by atoms with Gasteiger partial charge in [0, 0.05) is 23.7 Å². The Morgan fingerprint density at radius 2 is 2.15 bits per heavy atom. The fourth-order valence-corrected chi connectivity index (χ4v) is 2.02. The predicted octanol–water partition coefficient (Wildman–Crippen LogP) is 1.47. The maximum absolute atomic E-state index is 12.2. The van der Waals surface area contributed by atoms with Crippen LogP contribution in [-0.4, -0.2) is 21.1 Å². The molecule has 2 heterocycles. The van der Waals surface area contributed by atoms with Crippen LogP contribution in [0.15, 0.2) is 42.7 Å². The molecule has 3 rings (SSSR count). The third kappa shape index (κ3) is 2.18. The lowest BCUT2D eigenvalue weighted by Gasteiger charge is -2.06. The summed E-state index contributed by atoms with van der Waals surface area (Å²) in [6.45, 7) is 0.312. The van der Waals surface area contributed by atoms with Crippen LogP contribution >= 0.6 is 0 Å². The molecule has 0 atom stereocenters.